The zero-order chi connectivity index (χ0) is 36.1. The van der Waals surface area contributed by atoms with E-state index in [0.717, 1.165) is 0 Å². The summed E-state index contributed by atoms with van der Waals surface area (Å²) in [4.78, 5) is 55.0. The molecule has 3 fully saturated rings. The maximum atomic E-state index is 14.9. The Kier molecular flexibility index (Phi) is 9.94. The van der Waals surface area contributed by atoms with E-state index in [4.69, 9.17) is 9.47 Å². The van der Waals surface area contributed by atoms with Crippen molar-refractivity contribution in [1.82, 2.24) is 4.90 Å². The van der Waals surface area contributed by atoms with Gasteiger partial charge in [-0.3, -0.25) is 19.1 Å². The lowest BCUT2D eigenvalue weighted by molar-refractivity contribution is -0.334. The van der Waals surface area contributed by atoms with Crippen molar-refractivity contribution in [2.45, 2.75) is 113 Å². The van der Waals surface area contributed by atoms with Crippen LogP contribution in [0, 0.1) is 23.6 Å². The normalized spacial score (nSPS) is 31.8. The lowest BCUT2D eigenvalue weighted by atomic mass is 9.81. The van der Waals surface area contributed by atoms with Gasteiger partial charge in [0.2, 0.25) is 12.2 Å². The summed E-state index contributed by atoms with van der Waals surface area (Å²) < 4.78 is 66.9. The highest BCUT2D eigenvalue weighted by Gasteiger charge is 2.52. The number of carbonyl (C=O) groups excluding carboxylic acids is 3. The van der Waals surface area contributed by atoms with Gasteiger partial charge in [-0.2, -0.15) is 0 Å². The molecule has 1 aromatic carbocycles. The highest BCUT2D eigenvalue weighted by atomic mass is 19.4. The van der Waals surface area contributed by atoms with E-state index in [1.807, 2.05) is 0 Å². The Morgan fingerprint density at radius 2 is 1.76 bits per heavy atom. The zero-order valence-corrected chi connectivity index (χ0v) is 26.3. The second-order valence-corrected chi connectivity index (χ2v) is 12.9. The Labute approximate surface area is 282 Å². The van der Waals surface area contributed by atoms with Crippen molar-refractivity contribution in [3.8, 4) is 11.8 Å². The predicted octanol–water partition coefficient (Wildman–Crippen LogP) is 1.83. The first kappa shape index (κ1) is 35.7. The number of aliphatic hydroxyl groups excluding tert-OH is 3. The maximum absolute atomic E-state index is 14.9. The van der Waals surface area contributed by atoms with Crippen molar-refractivity contribution in [2.24, 2.45) is 5.92 Å². The molecule has 2 amide bonds. The number of aliphatic hydroxyl groups is 3. The topological polar surface area (TPSA) is 183 Å². The van der Waals surface area contributed by atoms with Crippen LogP contribution >= 0.6 is 0 Å². The van der Waals surface area contributed by atoms with Crippen LogP contribution < -0.4 is 4.90 Å². The largest absolute Gasteiger partial charge is 0.523 e. The van der Waals surface area contributed by atoms with E-state index in [9.17, 15) is 57.2 Å². The fourth-order valence-electron chi connectivity index (χ4n) is 7.28. The van der Waals surface area contributed by atoms with Gasteiger partial charge >= 0.3 is 18.3 Å². The molecule has 2 saturated carbocycles. The molecule has 2 heterocycles. The fourth-order valence-corrected chi connectivity index (χ4v) is 7.28. The second kappa shape index (κ2) is 13.9. The number of carboxylic acid groups (broad SMARTS) is 1. The lowest BCUT2D eigenvalue weighted by Crippen LogP contribution is -2.60. The predicted molar refractivity (Wildman–Crippen MR) is 159 cm³/mol. The number of ether oxygens (including phenoxy) is 3. The Morgan fingerprint density at radius 3 is 2.40 bits per heavy atom. The van der Waals surface area contributed by atoms with Crippen LogP contribution in [0.3, 0.4) is 0 Å². The molecule has 13 nitrogen and oxygen atoms in total. The molecule has 0 radical (unpaired) electrons. The first-order chi connectivity index (χ1) is 23.6. The van der Waals surface area contributed by atoms with Gasteiger partial charge in [-0.1, -0.05) is 24.3 Å². The average Bonchev–Trinajstić information content (AvgIpc) is 3.78. The third kappa shape index (κ3) is 7.21. The van der Waals surface area contributed by atoms with E-state index in [-0.39, 0.29) is 24.0 Å². The van der Waals surface area contributed by atoms with Gasteiger partial charge in [0.25, 0.3) is 5.91 Å². The number of esters is 1. The van der Waals surface area contributed by atoms with Crippen LogP contribution in [-0.2, 0) is 33.4 Å². The van der Waals surface area contributed by atoms with E-state index >= 15 is 0 Å². The summed E-state index contributed by atoms with van der Waals surface area (Å²) in [6.45, 7) is 0. The first-order valence-corrected chi connectivity index (χ1v) is 16.2. The van der Waals surface area contributed by atoms with Gasteiger partial charge in [0.15, 0.2) is 6.10 Å². The van der Waals surface area contributed by atoms with Crippen LogP contribution in [-0.4, -0.2) is 104 Å². The molecule has 0 spiro atoms. The van der Waals surface area contributed by atoms with E-state index in [1.165, 1.54) is 29.2 Å². The third-order valence-electron chi connectivity index (χ3n) is 9.60. The molecule has 1 saturated heterocycles. The molecule has 2 aliphatic heterocycles. The number of halogens is 4. The van der Waals surface area contributed by atoms with Gasteiger partial charge in [-0.15, -0.1) is 13.2 Å². The molecule has 6 rings (SSSR count). The molecule has 3 aliphatic carbocycles. The molecular formula is C33H34F4N2O11. The molecular weight excluding hydrogens is 676 g/mol. The van der Waals surface area contributed by atoms with Crippen molar-refractivity contribution in [3.05, 3.63) is 41.2 Å². The minimum atomic E-state index is -4.90. The van der Waals surface area contributed by atoms with Gasteiger partial charge in [0, 0.05) is 42.1 Å². The molecule has 1 aromatic rings. The molecule has 50 heavy (non-hydrogen) atoms. The molecule has 9 atom stereocenters. The third-order valence-corrected chi connectivity index (χ3v) is 9.60. The number of hydrogen-bond acceptors (Lipinski definition) is 10. The van der Waals surface area contributed by atoms with Crippen molar-refractivity contribution in [3.63, 3.8) is 0 Å². The summed E-state index contributed by atoms with van der Waals surface area (Å²) in [5, 5.41) is 39.3. The fraction of sp³-hybridized carbons (Fsp3) is 0.576. The summed E-state index contributed by atoms with van der Waals surface area (Å²) >= 11 is 0. The zero-order valence-electron chi connectivity index (χ0n) is 26.3. The molecule has 0 aromatic heterocycles. The second-order valence-electron chi connectivity index (χ2n) is 12.9. The Morgan fingerprint density at radius 1 is 1.02 bits per heavy atom. The molecule has 270 valence electrons. The average molecular weight is 711 g/mol. The summed E-state index contributed by atoms with van der Waals surface area (Å²) in [5.74, 6) is 0.103. The number of rotatable bonds is 9. The Bertz CT molecular complexity index is 1640. The molecule has 0 bridgehead atoms. The number of alkyl halides is 3. The first-order valence-electron chi connectivity index (χ1n) is 16.2. The van der Waals surface area contributed by atoms with Gasteiger partial charge in [-0.25, -0.2) is 9.18 Å². The number of carboxylic acids is 1. The standard InChI is InChI=1S/C33H34F4N2O11/c34-16-6-11-22-20(14-16)25(19-2-1-3-21(19)39(22)30(45)15-4-9-18(10-5-15)50-33(35,36)37)38(17-7-8-17)23(40)12-13-24(41)48-32-28(44)26(42)27(43)29(49-32)31(46)47/h4,6,11,14,17-19,21,25-29,32,42-44H,1-3,7-9,12-13H2,(H,46,47)/t18?,19-,21+,25-,26?,27?,28?,29?,32?/m1/s1. The number of benzene rings is 1. The van der Waals surface area contributed by atoms with Crippen molar-refractivity contribution < 1.29 is 71.4 Å². The van der Waals surface area contributed by atoms with E-state index in [2.05, 4.69) is 16.6 Å². The summed E-state index contributed by atoms with van der Waals surface area (Å²) in [6.07, 6.45) is -13.1. The van der Waals surface area contributed by atoms with Gasteiger partial charge < -0.3 is 39.7 Å². The summed E-state index contributed by atoms with van der Waals surface area (Å²) in [5.41, 5.74) is 0.665. The molecule has 4 N–H and O–H groups in total. The number of carbonyl (C=O) groups is 4. The van der Waals surface area contributed by atoms with Crippen molar-refractivity contribution in [1.29, 1.82) is 0 Å². The van der Waals surface area contributed by atoms with Crippen LogP contribution in [0.1, 0.15) is 63.0 Å². The van der Waals surface area contributed by atoms with E-state index in [0.29, 0.717) is 43.4 Å². The number of amides is 2. The highest BCUT2D eigenvalue weighted by Crippen LogP contribution is 2.53. The van der Waals surface area contributed by atoms with E-state index < -0.39 is 97.7 Å². The van der Waals surface area contributed by atoms with Crippen LogP contribution in [0.25, 0.3) is 0 Å². The number of hydrogen-bond donors (Lipinski definition) is 4. The van der Waals surface area contributed by atoms with Gasteiger partial charge in [0.05, 0.1) is 18.0 Å². The van der Waals surface area contributed by atoms with Crippen LogP contribution in [0.5, 0.6) is 0 Å². The quantitative estimate of drug-likeness (QED) is 0.167. The van der Waals surface area contributed by atoms with Crippen LogP contribution in [0.2, 0.25) is 0 Å². The lowest BCUT2D eigenvalue weighted by Gasteiger charge is -2.48. The molecule has 17 heteroatoms. The molecule has 5 aliphatic rings. The van der Waals surface area contributed by atoms with Crippen LogP contribution in [0.4, 0.5) is 23.2 Å². The number of fused-ring (bicyclic) bond motifs is 2. The van der Waals surface area contributed by atoms with Crippen molar-refractivity contribution >= 4 is 29.4 Å². The van der Waals surface area contributed by atoms with Gasteiger partial charge in [0.1, 0.15) is 30.2 Å². The van der Waals surface area contributed by atoms with E-state index in [1.54, 1.807) is 4.90 Å². The Hall–Kier alpha value is -4.08. The van der Waals surface area contributed by atoms with Crippen molar-refractivity contribution in [2.75, 3.05) is 4.90 Å². The summed E-state index contributed by atoms with van der Waals surface area (Å²) in [6, 6.07) is 2.48. The molecule has 6 unspecified atom stereocenters. The highest BCUT2D eigenvalue weighted by molar-refractivity contribution is 6.10. The van der Waals surface area contributed by atoms with Gasteiger partial charge in [-0.05, 0) is 43.9 Å². The summed E-state index contributed by atoms with van der Waals surface area (Å²) in [7, 11) is 0. The number of anilines is 1. The number of aliphatic carboxylic acids is 1. The minimum Gasteiger partial charge on any atom is -0.479 e. The Balaban J connectivity index is 1.21. The van der Waals surface area contributed by atoms with Crippen LogP contribution in [0.15, 0.2) is 29.8 Å². The maximum Gasteiger partial charge on any atom is 0.523 e. The SMILES string of the molecule is O=C(CCC(=O)N(C1CC1)[C@H]1c2cc(F)ccc2N(C(=O)C2=CCC(OC(F)(F)F)C#C2)[C@H]2CCC[C@H]21)OC1OC(C(=O)O)C(O)C(O)C1O. The smallest absolute Gasteiger partial charge is 0.479 e. The minimum absolute atomic E-state index is 0.0243. The monoisotopic (exact) mass is 710 g/mol. The number of nitrogens with zero attached hydrogens (tertiary/aromatic N) is 2.